The van der Waals surface area contributed by atoms with E-state index in [-0.39, 0.29) is 17.1 Å². The van der Waals surface area contributed by atoms with Gasteiger partial charge in [-0.15, -0.1) is 0 Å². The molecular weight excluding hydrogens is 333 g/mol. The number of carbonyl (C=O) groups is 1. The van der Waals surface area contributed by atoms with Crippen LogP contribution in [-0.4, -0.2) is 11.2 Å². The molecule has 2 nitrogen and oxygen atoms in total. The molecule has 0 spiro atoms. The van der Waals surface area contributed by atoms with Gasteiger partial charge in [-0.05, 0) is 24.3 Å². The second-order valence-corrected chi connectivity index (χ2v) is 4.85. The molecular formula is C14H10BrClFNO. The lowest BCUT2D eigenvalue weighted by molar-refractivity contribution is -0.113. The van der Waals surface area contributed by atoms with Gasteiger partial charge in [0, 0.05) is 21.8 Å². The first-order chi connectivity index (χ1) is 9.11. The van der Waals surface area contributed by atoms with Crippen LogP contribution in [0.25, 0.3) is 11.1 Å². The van der Waals surface area contributed by atoms with Crippen LogP contribution in [0, 0.1) is 5.82 Å². The fraction of sp³-hybridized carbons (Fsp3) is 0.0714. The standard InChI is InChI=1S/C14H10BrClFNO/c15-8-14(19)18-13-6-5-9(16)7-11(13)10-3-1-2-4-12(10)17/h1-7H,8H2,(H,18,19). The molecule has 0 aliphatic rings. The Hall–Kier alpha value is -1.39. The zero-order valence-electron chi connectivity index (χ0n) is 9.79. The van der Waals surface area contributed by atoms with E-state index in [2.05, 4.69) is 21.2 Å². The maximum atomic E-state index is 13.8. The van der Waals surface area contributed by atoms with Crippen LogP contribution in [0.3, 0.4) is 0 Å². The normalized spacial score (nSPS) is 10.3. The summed E-state index contributed by atoms with van der Waals surface area (Å²) in [4.78, 5) is 11.4. The summed E-state index contributed by atoms with van der Waals surface area (Å²) < 4.78 is 13.8. The van der Waals surface area contributed by atoms with Gasteiger partial charge in [0.25, 0.3) is 0 Å². The minimum Gasteiger partial charge on any atom is -0.325 e. The third-order valence-electron chi connectivity index (χ3n) is 2.54. The monoisotopic (exact) mass is 341 g/mol. The van der Waals surface area contributed by atoms with Crippen molar-refractivity contribution < 1.29 is 9.18 Å². The maximum absolute atomic E-state index is 13.8. The van der Waals surface area contributed by atoms with Gasteiger partial charge in [0.05, 0.1) is 5.33 Å². The average Bonchev–Trinajstić information content (AvgIpc) is 2.41. The molecule has 2 aromatic rings. The van der Waals surface area contributed by atoms with Gasteiger partial charge in [0.2, 0.25) is 5.91 Å². The molecule has 1 N–H and O–H groups in total. The predicted molar refractivity (Wildman–Crippen MR) is 79.3 cm³/mol. The van der Waals surface area contributed by atoms with Crippen molar-refractivity contribution in [3.05, 3.63) is 53.3 Å². The summed E-state index contributed by atoms with van der Waals surface area (Å²) in [6, 6.07) is 11.3. The summed E-state index contributed by atoms with van der Waals surface area (Å²) in [5, 5.41) is 3.36. The molecule has 1 amide bonds. The van der Waals surface area contributed by atoms with E-state index in [4.69, 9.17) is 11.6 Å². The van der Waals surface area contributed by atoms with Gasteiger partial charge in [-0.1, -0.05) is 45.7 Å². The lowest BCUT2D eigenvalue weighted by Crippen LogP contribution is -2.13. The van der Waals surface area contributed by atoms with Crippen molar-refractivity contribution in [3.63, 3.8) is 0 Å². The largest absolute Gasteiger partial charge is 0.325 e. The zero-order chi connectivity index (χ0) is 13.8. The molecule has 0 atom stereocenters. The Balaban J connectivity index is 2.52. The van der Waals surface area contributed by atoms with Gasteiger partial charge >= 0.3 is 0 Å². The van der Waals surface area contributed by atoms with E-state index in [0.717, 1.165) is 0 Å². The van der Waals surface area contributed by atoms with Crippen LogP contribution in [0.15, 0.2) is 42.5 Å². The Morgan fingerprint density at radius 2 is 1.95 bits per heavy atom. The summed E-state index contributed by atoms with van der Waals surface area (Å²) in [6.07, 6.45) is 0. The lowest BCUT2D eigenvalue weighted by atomic mass is 10.0. The van der Waals surface area contributed by atoms with E-state index >= 15 is 0 Å². The van der Waals surface area contributed by atoms with Crippen molar-refractivity contribution in [1.82, 2.24) is 0 Å². The fourth-order valence-electron chi connectivity index (χ4n) is 1.71. The number of rotatable bonds is 3. The zero-order valence-corrected chi connectivity index (χ0v) is 12.1. The summed E-state index contributed by atoms with van der Waals surface area (Å²) in [5.41, 5.74) is 1.48. The van der Waals surface area contributed by atoms with Gasteiger partial charge < -0.3 is 5.32 Å². The highest BCUT2D eigenvalue weighted by molar-refractivity contribution is 9.09. The molecule has 5 heteroatoms. The summed E-state index contributed by atoms with van der Waals surface area (Å²) >= 11 is 9.01. The van der Waals surface area contributed by atoms with Crippen LogP contribution in [0.2, 0.25) is 5.02 Å². The van der Waals surface area contributed by atoms with Crippen LogP contribution in [0.4, 0.5) is 10.1 Å². The lowest BCUT2D eigenvalue weighted by Gasteiger charge is -2.12. The first-order valence-corrected chi connectivity index (χ1v) is 7.02. The molecule has 0 fully saturated rings. The molecule has 0 unspecified atom stereocenters. The highest BCUT2D eigenvalue weighted by atomic mass is 79.9. The minimum atomic E-state index is -0.362. The molecule has 0 aromatic heterocycles. The summed E-state index contributed by atoms with van der Waals surface area (Å²) in [7, 11) is 0. The third-order valence-corrected chi connectivity index (χ3v) is 3.29. The second kappa shape index (κ2) is 6.17. The van der Waals surface area contributed by atoms with Gasteiger partial charge in [-0.3, -0.25) is 4.79 Å². The van der Waals surface area contributed by atoms with Gasteiger partial charge in [0.15, 0.2) is 0 Å². The maximum Gasteiger partial charge on any atom is 0.235 e. The molecule has 0 aliphatic heterocycles. The second-order valence-electron chi connectivity index (χ2n) is 3.85. The highest BCUT2D eigenvalue weighted by Crippen LogP contribution is 2.32. The van der Waals surface area contributed by atoms with Crippen molar-refractivity contribution in [3.8, 4) is 11.1 Å². The Bertz CT molecular complexity index is 618. The highest BCUT2D eigenvalue weighted by Gasteiger charge is 2.11. The van der Waals surface area contributed by atoms with Crippen molar-refractivity contribution in [1.29, 1.82) is 0 Å². The number of alkyl halides is 1. The first-order valence-electron chi connectivity index (χ1n) is 5.52. The van der Waals surface area contributed by atoms with Gasteiger partial charge in [-0.2, -0.15) is 0 Å². The van der Waals surface area contributed by atoms with Crippen molar-refractivity contribution in [2.24, 2.45) is 0 Å². The van der Waals surface area contributed by atoms with Crippen LogP contribution >= 0.6 is 27.5 Å². The van der Waals surface area contributed by atoms with Crippen molar-refractivity contribution in [2.75, 3.05) is 10.6 Å². The van der Waals surface area contributed by atoms with E-state index in [0.29, 0.717) is 21.8 Å². The van der Waals surface area contributed by atoms with E-state index < -0.39 is 0 Å². The third kappa shape index (κ3) is 3.33. The number of carbonyl (C=O) groups excluding carboxylic acids is 1. The van der Waals surface area contributed by atoms with Crippen LogP contribution in [-0.2, 0) is 4.79 Å². The number of benzene rings is 2. The Morgan fingerprint density at radius 3 is 2.63 bits per heavy atom. The first kappa shape index (κ1) is 14.0. The molecule has 0 saturated heterocycles. The van der Waals surface area contributed by atoms with E-state index in [1.807, 2.05) is 0 Å². The molecule has 98 valence electrons. The number of halogens is 3. The Kier molecular flexibility index (Phi) is 4.56. The smallest absolute Gasteiger partial charge is 0.235 e. The van der Waals surface area contributed by atoms with Crippen molar-refractivity contribution >= 4 is 39.1 Å². The topological polar surface area (TPSA) is 29.1 Å². The van der Waals surface area contributed by atoms with E-state index in [1.165, 1.54) is 6.07 Å². The molecule has 2 aromatic carbocycles. The molecule has 0 bridgehead atoms. The molecule has 0 saturated carbocycles. The minimum absolute atomic E-state index is 0.173. The number of amides is 1. The van der Waals surface area contributed by atoms with Gasteiger partial charge in [0.1, 0.15) is 5.82 Å². The van der Waals surface area contributed by atoms with Crippen LogP contribution < -0.4 is 5.32 Å². The number of nitrogens with one attached hydrogen (secondary N) is 1. The number of hydrogen-bond donors (Lipinski definition) is 1. The van der Waals surface area contributed by atoms with E-state index in [1.54, 1.807) is 36.4 Å². The number of hydrogen-bond acceptors (Lipinski definition) is 1. The molecule has 0 aliphatic carbocycles. The number of anilines is 1. The van der Waals surface area contributed by atoms with Gasteiger partial charge in [-0.25, -0.2) is 4.39 Å². The van der Waals surface area contributed by atoms with Crippen LogP contribution in [0.5, 0.6) is 0 Å². The fourth-order valence-corrected chi connectivity index (χ4v) is 2.02. The molecule has 19 heavy (non-hydrogen) atoms. The average molecular weight is 343 g/mol. The van der Waals surface area contributed by atoms with Crippen LogP contribution in [0.1, 0.15) is 0 Å². The predicted octanol–water partition coefficient (Wildman–Crippen LogP) is 4.48. The SMILES string of the molecule is O=C(CBr)Nc1ccc(Cl)cc1-c1ccccc1F. The molecule has 2 rings (SSSR count). The summed E-state index contributed by atoms with van der Waals surface area (Å²) in [5.74, 6) is -0.570. The quantitative estimate of drug-likeness (QED) is 0.819. The van der Waals surface area contributed by atoms with E-state index in [9.17, 15) is 9.18 Å². The van der Waals surface area contributed by atoms with Crippen molar-refractivity contribution in [2.45, 2.75) is 0 Å². The molecule has 0 heterocycles. The Morgan fingerprint density at radius 1 is 1.21 bits per heavy atom. The molecule has 0 radical (unpaired) electrons. The Labute approximate surface area is 123 Å². The summed E-state index contributed by atoms with van der Waals surface area (Å²) in [6.45, 7) is 0.